The van der Waals surface area contributed by atoms with Crippen LogP contribution in [0.15, 0.2) is 18.2 Å². The predicted molar refractivity (Wildman–Crippen MR) is 116 cm³/mol. The van der Waals surface area contributed by atoms with Gasteiger partial charge in [-0.25, -0.2) is 4.79 Å². The third-order valence-electron chi connectivity index (χ3n) is 4.72. The van der Waals surface area contributed by atoms with Crippen LogP contribution in [0.5, 0.6) is 5.75 Å². The number of hydrogen-bond donors (Lipinski definition) is 5. The first-order chi connectivity index (χ1) is 14.3. The Bertz CT molecular complexity index is 748. The van der Waals surface area contributed by atoms with Crippen molar-refractivity contribution in [2.75, 3.05) is 18.9 Å². The lowest BCUT2D eigenvalue weighted by Gasteiger charge is -2.36. The summed E-state index contributed by atoms with van der Waals surface area (Å²) in [5, 5.41) is 36.0. The molecule has 0 saturated carbocycles. The minimum atomic E-state index is -1.47. The summed E-state index contributed by atoms with van der Waals surface area (Å²) >= 11 is 0. The highest BCUT2D eigenvalue weighted by atomic mass is 16.7. The van der Waals surface area contributed by atoms with Crippen LogP contribution in [-0.4, -0.2) is 70.6 Å². The van der Waals surface area contributed by atoms with Gasteiger partial charge in [0.1, 0.15) is 11.9 Å². The lowest BCUT2D eigenvalue weighted by atomic mass is 10.0. The molecule has 1 aliphatic heterocycles. The Balaban J connectivity index is 2.28. The van der Waals surface area contributed by atoms with Gasteiger partial charge < -0.3 is 40.2 Å². The van der Waals surface area contributed by atoms with Gasteiger partial charge >= 0.3 is 5.97 Å². The molecule has 2 rings (SSSR count). The van der Waals surface area contributed by atoms with E-state index in [1.165, 1.54) is 0 Å². The van der Waals surface area contributed by atoms with Crippen LogP contribution in [0.2, 0.25) is 0 Å². The summed E-state index contributed by atoms with van der Waals surface area (Å²) in [5.41, 5.74) is 0.960. The second-order valence-corrected chi connectivity index (χ2v) is 9.52. The first-order valence-corrected chi connectivity index (χ1v) is 10.4. The molecule has 1 aliphatic rings. The van der Waals surface area contributed by atoms with Crippen LogP contribution in [-0.2, 0) is 20.9 Å². The predicted octanol–water partition coefficient (Wildman–Crippen LogP) is 1.71. The van der Waals surface area contributed by atoms with E-state index in [-0.39, 0.29) is 17.6 Å². The molecule has 176 valence electrons. The number of rotatable bonds is 9. The molecule has 0 bridgehead atoms. The van der Waals surface area contributed by atoms with Gasteiger partial charge in [-0.3, -0.25) is 0 Å². The normalized spacial score (nSPS) is 24.6. The van der Waals surface area contributed by atoms with Gasteiger partial charge in [0, 0.05) is 18.5 Å². The number of carboxylic acids is 1. The molecule has 1 fully saturated rings. The average Bonchev–Trinajstić information content (AvgIpc) is 2.62. The summed E-state index contributed by atoms with van der Waals surface area (Å²) in [6.07, 6.45) is -5.34. The molecule has 4 atom stereocenters. The van der Waals surface area contributed by atoms with Gasteiger partial charge in [0.15, 0.2) is 6.10 Å². The Kier molecular flexibility index (Phi) is 8.29. The topological polar surface area (TPSA) is 130 Å². The maximum Gasteiger partial charge on any atom is 0.335 e. The molecule has 1 heterocycles. The van der Waals surface area contributed by atoms with E-state index >= 15 is 0 Å². The average molecular weight is 441 g/mol. The second kappa shape index (κ2) is 10.1. The van der Waals surface area contributed by atoms with Gasteiger partial charge in [-0.05, 0) is 59.4 Å². The van der Waals surface area contributed by atoms with E-state index < -0.39 is 30.6 Å². The Morgan fingerprint density at radius 2 is 1.87 bits per heavy atom. The Labute approximate surface area is 183 Å². The van der Waals surface area contributed by atoms with Crippen molar-refractivity contribution < 1.29 is 34.3 Å². The molecule has 31 heavy (non-hydrogen) atoms. The van der Waals surface area contributed by atoms with Crippen molar-refractivity contribution in [3.05, 3.63) is 23.8 Å². The lowest BCUT2D eigenvalue weighted by Crippen LogP contribution is -2.52. The zero-order valence-corrected chi connectivity index (χ0v) is 19.1. The fraction of sp³-hybridized carbons (Fsp3) is 0.682. The van der Waals surface area contributed by atoms with E-state index in [1.54, 1.807) is 6.07 Å². The van der Waals surface area contributed by atoms with Crippen molar-refractivity contribution in [1.82, 2.24) is 5.32 Å². The second-order valence-electron chi connectivity index (χ2n) is 9.52. The summed E-state index contributed by atoms with van der Waals surface area (Å²) < 4.78 is 17.1. The molecule has 0 radical (unpaired) electrons. The Morgan fingerprint density at radius 1 is 1.19 bits per heavy atom. The highest BCUT2D eigenvalue weighted by molar-refractivity contribution is 5.73. The SMILES string of the molecule is CNCC(C)(C)Nc1cc(COC(C)(C)C)ccc1O[C@@H]1O[C@H](C(=O)O)[C@@H](O)C[C@H]1O. The van der Waals surface area contributed by atoms with E-state index in [1.807, 2.05) is 53.8 Å². The van der Waals surface area contributed by atoms with E-state index in [4.69, 9.17) is 14.2 Å². The number of hydrogen-bond acceptors (Lipinski definition) is 8. The van der Waals surface area contributed by atoms with Gasteiger partial charge in [-0.2, -0.15) is 0 Å². The van der Waals surface area contributed by atoms with Crippen LogP contribution in [0.4, 0.5) is 5.69 Å². The molecular weight excluding hydrogens is 404 g/mol. The fourth-order valence-electron chi connectivity index (χ4n) is 3.28. The molecule has 0 amide bonds. The number of carboxylic acid groups (broad SMARTS) is 1. The maximum absolute atomic E-state index is 11.3. The summed E-state index contributed by atoms with van der Waals surface area (Å²) in [5.74, 6) is -0.913. The number of ether oxygens (including phenoxy) is 3. The quantitative estimate of drug-likeness (QED) is 0.390. The van der Waals surface area contributed by atoms with Gasteiger partial charge in [-0.15, -0.1) is 0 Å². The number of aliphatic carboxylic acids is 1. The monoisotopic (exact) mass is 440 g/mol. The summed E-state index contributed by atoms with van der Waals surface area (Å²) in [4.78, 5) is 11.3. The summed E-state index contributed by atoms with van der Waals surface area (Å²) in [6, 6.07) is 5.48. The highest BCUT2D eigenvalue weighted by Crippen LogP contribution is 2.32. The third-order valence-corrected chi connectivity index (χ3v) is 4.72. The van der Waals surface area contributed by atoms with E-state index in [0.29, 0.717) is 24.6 Å². The summed E-state index contributed by atoms with van der Waals surface area (Å²) in [6.45, 7) is 11.1. The van der Waals surface area contributed by atoms with Crippen molar-refractivity contribution >= 4 is 11.7 Å². The van der Waals surface area contributed by atoms with Crippen molar-refractivity contribution in [1.29, 1.82) is 0 Å². The number of carbonyl (C=O) groups is 1. The zero-order chi connectivity index (χ0) is 23.4. The van der Waals surface area contributed by atoms with Crippen molar-refractivity contribution in [2.45, 2.75) is 83.4 Å². The smallest absolute Gasteiger partial charge is 0.335 e. The number of likely N-dealkylation sites (N-methyl/N-ethyl adjacent to an activating group) is 1. The van der Waals surface area contributed by atoms with Crippen molar-refractivity contribution in [2.24, 2.45) is 0 Å². The van der Waals surface area contributed by atoms with Gasteiger partial charge in [-0.1, -0.05) is 6.07 Å². The van der Waals surface area contributed by atoms with Crippen molar-refractivity contribution in [3.8, 4) is 5.75 Å². The standard InChI is InChI=1S/C22H36N2O7/c1-21(2,3)29-11-13-7-8-17(14(9-13)24-22(4,5)12-23-6)30-20-16(26)10-15(25)18(31-20)19(27)28/h7-9,15-16,18,20,23-26H,10-12H2,1-6H3,(H,27,28)/t15-,16+,18-,20+/m0/s1. The van der Waals surface area contributed by atoms with Gasteiger partial charge in [0.05, 0.1) is 24.0 Å². The number of anilines is 1. The first-order valence-electron chi connectivity index (χ1n) is 10.4. The zero-order valence-electron chi connectivity index (χ0n) is 19.1. The maximum atomic E-state index is 11.3. The van der Waals surface area contributed by atoms with Crippen LogP contribution in [0, 0.1) is 0 Å². The molecule has 9 heteroatoms. The minimum Gasteiger partial charge on any atom is -0.479 e. The molecule has 0 aromatic heterocycles. The number of aliphatic hydroxyl groups is 2. The van der Waals surface area contributed by atoms with Crippen molar-refractivity contribution in [3.63, 3.8) is 0 Å². The van der Waals surface area contributed by atoms with Crippen LogP contribution < -0.4 is 15.4 Å². The van der Waals surface area contributed by atoms with E-state index in [2.05, 4.69) is 10.6 Å². The molecule has 5 N–H and O–H groups in total. The Morgan fingerprint density at radius 3 is 2.45 bits per heavy atom. The largest absolute Gasteiger partial charge is 0.479 e. The van der Waals surface area contributed by atoms with Gasteiger partial charge in [0.25, 0.3) is 0 Å². The molecule has 1 aromatic rings. The number of aliphatic hydroxyl groups excluding tert-OH is 2. The molecule has 0 aliphatic carbocycles. The molecule has 0 unspecified atom stereocenters. The molecule has 1 aromatic carbocycles. The number of benzene rings is 1. The fourth-order valence-corrected chi connectivity index (χ4v) is 3.28. The summed E-state index contributed by atoms with van der Waals surface area (Å²) in [7, 11) is 1.86. The van der Waals surface area contributed by atoms with Crippen LogP contribution >= 0.6 is 0 Å². The number of nitrogens with one attached hydrogen (secondary N) is 2. The molecular formula is C22H36N2O7. The third kappa shape index (κ3) is 7.62. The molecule has 1 saturated heterocycles. The van der Waals surface area contributed by atoms with Crippen LogP contribution in [0.25, 0.3) is 0 Å². The molecule has 0 spiro atoms. The van der Waals surface area contributed by atoms with Crippen LogP contribution in [0.3, 0.4) is 0 Å². The van der Waals surface area contributed by atoms with Gasteiger partial charge in [0.2, 0.25) is 6.29 Å². The molecule has 9 nitrogen and oxygen atoms in total. The van der Waals surface area contributed by atoms with E-state index in [0.717, 1.165) is 5.56 Å². The first kappa shape index (κ1) is 25.4. The highest BCUT2D eigenvalue weighted by Gasteiger charge is 2.41. The lowest BCUT2D eigenvalue weighted by molar-refractivity contribution is -0.237. The minimum absolute atomic E-state index is 0.160. The Hall–Kier alpha value is -1.91. The van der Waals surface area contributed by atoms with E-state index in [9.17, 15) is 20.1 Å². The van der Waals surface area contributed by atoms with Crippen LogP contribution in [0.1, 0.15) is 46.6 Å².